The summed E-state index contributed by atoms with van der Waals surface area (Å²) in [6.45, 7) is 5.48. The quantitative estimate of drug-likeness (QED) is 0.726. The highest BCUT2D eigenvalue weighted by Gasteiger charge is 2.10. The van der Waals surface area contributed by atoms with Crippen molar-refractivity contribution in [3.05, 3.63) is 48.5 Å². The molecule has 2 rings (SSSR count). The van der Waals surface area contributed by atoms with Crippen LogP contribution in [-0.4, -0.2) is 20.8 Å². The van der Waals surface area contributed by atoms with Crippen molar-refractivity contribution in [2.45, 2.75) is 20.3 Å². The van der Waals surface area contributed by atoms with Gasteiger partial charge >= 0.3 is 0 Å². The van der Waals surface area contributed by atoms with Gasteiger partial charge in [0.15, 0.2) is 0 Å². The first-order chi connectivity index (χ1) is 10.6. The largest absolute Gasteiger partial charge is 0.497 e. The lowest BCUT2D eigenvalue weighted by atomic mass is 10.1. The van der Waals surface area contributed by atoms with Crippen molar-refractivity contribution in [1.29, 1.82) is 0 Å². The van der Waals surface area contributed by atoms with E-state index in [0.29, 0.717) is 5.92 Å². The molecule has 0 aliphatic rings. The molecule has 2 aromatic rings. The van der Waals surface area contributed by atoms with Gasteiger partial charge < -0.3 is 14.4 Å². The Morgan fingerprint density at radius 1 is 0.773 bits per heavy atom. The maximum Gasteiger partial charge on any atom is 0.119 e. The van der Waals surface area contributed by atoms with Crippen LogP contribution in [0.1, 0.15) is 20.3 Å². The maximum absolute atomic E-state index is 5.25. The van der Waals surface area contributed by atoms with Crippen molar-refractivity contribution in [1.82, 2.24) is 0 Å². The zero-order chi connectivity index (χ0) is 15.9. The van der Waals surface area contributed by atoms with E-state index < -0.39 is 0 Å². The lowest BCUT2D eigenvalue weighted by Gasteiger charge is -2.26. The van der Waals surface area contributed by atoms with Gasteiger partial charge in [0.05, 0.1) is 14.2 Å². The molecule has 3 nitrogen and oxygen atoms in total. The minimum absolute atomic E-state index is 0.666. The molecule has 0 aliphatic heterocycles. The van der Waals surface area contributed by atoms with Crippen molar-refractivity contribution in [2.75, 3.05) is 25.7 Å². The molecular weight excluding hydrogens is 274 g/mol. The Hall–Kier alpha value is -2.16. The second kappa shape index (κ2) is 7.74. The van der Waals surface area contributed by atoms with E-state index in [4.69, 9.17) is 9.47 Å². The third-order valence-corrected chi connectivity index (χ3v) is 3.70. The molecule has 3 heteroatoms. The lowest BCUT2D eigenvalue weighted by molar-refractivity contribution is 0.415. The van der Waals surface area contributed by atoms with Gasteiger partial charge in [-0.15, -0.1) is 0 Å². The van der Waals surface area contributed by atoms with E-state index >= 15 is 0 Å². The van der Waals surface area contributed by atoms with Crippen LogP contribution in [0.3, 0.4) is 0 Å². The summed E-state index contributed by atoms with van der Waals surface area (Å²) in [7, 11) is 3.38. The van der Waals surface area contributed by atoms with Gasteiger partial charge in [-0.2, -0.15) is 0 Å². The summed E-state index contributed by atoms with van der Waals surface area (Å²) >= 11 is 0. The number of anilines is 2. The van der Waals surface area contributed by atoms with Crippen LogP contribution in [-0.2, 0) is 0 Å². The number of nitrogens with zero attached hydrogens (tertiary/aromatic N) is 1. The van der Waals surface area contributed by atoms with Gasteiger partial charge in [0, 0.05) is 17.9 Å². The number of methoxy groups -OCH3 is 2. The van der Waals surface area contributed by atoms with Crippen LogP contribution in [0, 0.1) is 5.92 Å². The summed E-state index contributed by atoms with van der Waals surface area (Å²) in [4.78, 5) is 2.33. The predicted molar refractivity (Wildman–Crippen MR) is 92.4 cm³/mol. The van der Waals surface area contributed by atoms with Gasteiger partial charge in [-0.1, -0.05) is 13.8 Å². The summed E-state index contributed by atoms with van der Waals surface area (Å²) in [5.74, 6) is 2.42. The Morgan fingerprint density at radius 2 is 1.18 bits per heavy atom. The van der Waals surface area contributed by atoms with Crippen LogP contribution in [0.2, 0.25) is 0 Å². The molecule has 22 heavy (non-hydrogen) atoms. The highest BCUT2D eigenvalue weighted by molar-refractivity contribution is 5.64. The fraction of sp³-hybridized carbons (Fsp3) is 0.368. The SMILES string of the molecule is COc1ccc(N(CCC(C)C)c2ccc(OC)cc2)cc1. The fourth-order valence-electron chi connectivity index (χ4n) is 2.32. The first-order valence-corrected chi connectivity index (χ1v) is 7.69. The number of rotatable bonds is 7. The van der Waals surface area contributed by atoms with Crippen LogP contribution >= 0.6 is 0 Å². The summed E-state index contributed by atoms with van der Waals surface area (Å²) in [6, 6.07) is 16.4. The van der Waals surface area contributed by atoms with Crippen molar-refractivity contribution < 1.29 is 9.47 Å². The normalized spacial score (nSPS) is 10.6. The molecule has 0 unspecified atom stereocenters. The van der Waals surface area contributed by atoms with Gasteiger partial charge in [-0.3, -0.25) is 0 Å². The zero-order valence-corrected chi connectivity index (χ0v) is 13.9. The molecule has 0 aliphatic carbocycles. The third kappa shape index (κ3) is 4.17. The Kier molecular flexibility index (Phi) is 5.70. The predicted octanol–water partition coefficient (Wildman–Crippen LogP) is 4.89. The smallest absolute Gasteiger partial charge is 0.119 e. The number of benzene rings is 2. The summed E-state index contributed by atoms with van der Waals surface area (Å²) in [6.07, 6.45) is 1.14. The van der Waals surface area contributed by atoms with Crippen molar-refractivity contribution in [3.63, 3.8) is 0 Å². The van der Waals surface area contributed by atoms with E-state index in [0.717, 1.165) is 24.5 Å². The summed E-state index contributed by atoms with van der Waals surface area (Å²) in [5.41, 5.74) is 2.35. The highest BCUT2D eigenvalue weighted by Crippen LogP contribution is 2.29. The average Bonchev–Trinajstić information content (AvgIpc) is 2.56. The molecule has 0 radical (unpaired) electrons. The molecule has 0 saturated heterocycles. The maximum atomic E-state index is 5.25. The molecule has 0 amide bonds. The Balaban J connectivity index is 2.27. The van der Waals surface area contributed by atoms with E-state index in [9.17, 15) is 0 Å². The first-order valence-electron chi connectivity index (χ1n) is 7.69. The van der Waals surface area contributed by atoms with Crippen LogP contribution in [0.25, 0.3) is 0 Å². The molecule has 0 fully saturated rings. The third-order valence-electron chi connectivity index (χ3n) is 3.70. The van der Waals surface area contributed by atoms with Gasteiger partial charge in [-0.25, -0.2) is 0 Å². The standard InChI is InChI=1S/C19H25NO2/c1-15(2)13-14-20(16-5-9-18(21-3)10-6-16)17-7-11-19(22-4)12-8-17/h5-12,15H,13-14H2,1-4H3. The number of ether oxygens (including phenoxy) is 2. The second-order valence-electron chi connectivity index (χ2n) is 5.73. The molecule has 0 heterocycles. The van der Waals surface area contributed by atoms with Crippen molar-refractivity contribution in [3.8, 4) is 11.5 Å². The average molecular weight is 299 g/mol. The minimum atomic E-state index is 0.666. The topological polar surface area (TPSA) is 21.7 Å². The molecular formula is C19H25NO2. The van der Waals surface area contributed by atoms with Gasteiger partial charge in [0.2, 0.25) is 0 Å². The Morgan fingerprint density at radius 3 is 1.50 bits per heavy atom. The van der Waals surface area contributed by atoms with Crippen LogP contribution in [0.5, 0.6) is 11.5 Å². The molecule has 0 atom stereocenters. The molecule has 0 aromatic heterocycles. The Bertz CT molecular complexity index is 513. The van der Waals surface area contributed by atoms with Crippen molar-refractivity contribution >= 4 is 11.4 Å². The number of hydrogen-bond donors (Lipinski definition) is 0. The molecule has 0 saturated carbocycles. The van der Waals surface area contributed by atoms with E-state index in [2.05, 4.69) is 43.0 Å². The highest BCUT2D eigenvalue weighted by atomic mass is 16.5. The second-order valence-corrected chi connectivity index (χ2v) is 5.73. The van der Waals surface area contributed by atoms with Crippen molar-refractivity contribution in [2.24, 2.45) is 5.92 Å². The summed E-state index contributed by atoms with van der Waals surface area (Å²) < 4.78 is 10.5. The molecule has 0 spiro atoms. The van der Waals surface area contributed by atoms with Gasteiger partial charge in [0.25, 0.3) is 0 Å². The van der Waals surface area contributed by atoms with E-state index in [1.165, 1.54) is 11.4 Å². The lowest BCUT2D eigenvalue weighted by Crippen LogP contribution is -2.19. The van der Waals surface area contributed by atoms with E-state index in [-0.39, 0.29) is 0 Å². The molecule has 0 N–H and O–H groups in total. The van der Waals surface area contributed by atoms with Crippen LogP contribution in [0.15, 0.2) is 48.5 Å². The monoisotopic (exact) mass is 299 g/mol. The molecule has 0 bridgehead atoms. The minimum Gasteiger partial charge on any atom is -0.497 e. The Labute approximate surface area is 133 Å². The molecule has 2 aromatic carbocycles. The van der Waals surface area contributed by atoms with Gasteiger partial charge in [0.1, 0.15) is 11.5 Å². The van der Waals surface area contributed by atoms with Crippen LogP contribution in [0.4, 0.5) is 11.4 Å². The van der Waals surface area contributed by atoms with E-state index in [1.807, 2.05) is 24.3 Å². The number of hydrogen-bond acceptors (Lipinski definition) is 3. The summed E-state index contributed by atoms with van der Waals surface area (Å²) in [5, 5.41) is 0. The molecule has 118 valence electrons. The fourth-order valence-corrected chi connectivity index (χ4v) is 2.32. The first kappa shape index (κ1) is 16.2. The zero-order valence-electron chi connectivity index (χ0n) is 13.9. The van der Waals surface area contributed by atoms with Crippen LogP contribution < -0.4 is 14.4 Å². The van der Waals surface area contributed by atoms with E-state index in [1.54, 1.807) is 14.2 Å². The van der Waals surface area contributed by atoms with Gasteiger partial charge in [-0.05, 0) is 60.9 Å².